The van der Waals surface area contributed by atoms with E-state index >= 15 is 0 Å². The Morgan fingerprint density at radius 2 is 2.20 bits per heavy atom. The summed E-state index contributed by atoms with van der Waals surface area (Å²) in [5, 5.41) is 0. The van der Waals surface area contributed by atoms with Crippen molar-refractivity contribution in [1.82, 2.24) is 0 Å². The predicted octanol–water partition coefficient (Wildman–Crippen LogP) is -1.92. The van der Waals surface area contributed by atoms with Crippen LogP contribution in [0.3, 0.4) is 0 Å². The van der Waals surface area contributed by atoms with Gasteiger partial charge in [-0.1, -0.05) is 0 Å². The van der Waals surface area contributed by atoms with Crippen molar-refractivity contribution in [2.45, 2.75) is 0 Å². The standard InChI is InChI=1S/H4O3SSi/c1-4(2)3-5/h5H3,(H,1,2)/p-1. The van der Waals surface area contributed by atoms with E-state index in [1.54, 1.807) is 0 Å². The number of hydrogen-bond acceptors (Lipinski definition) is 3. The molecule has 0 fully saturated rings. The largest absolute Gasteiger partial charge is 0.750 e. The lowest BCUT2D eigenvalue weighted by Crippen LogP contribution is -1.87. The van der Waals surface area contributed by atoms with Crippen LogP contribution in [-0.4, -0.2) is 19.2 Å². The smallest absolute Gasteiger partial charge is 0.167 e. The van der Waals surface area contributed by atoms with E-state index in [-0.39, 0.29) is 10.5 Å². The van der Waals surface area contributed by atoms with E-state index in [0.717, 1.165) is 0 Å². The molecule has 0 spiro atoms. The van der Waals surface area contributed by atoms with Gasteiger partial charge in [-0.2, -0.15) is 0 Å². The van der Waals surface area contributed by atoms with Crippen LogP contribution < -0.4 is 0 Å². The van der Waals surface area contributed by atoms with Gasteiger partial charge in [-0.05, 0) is 0 Å². The maximum atomic E-state index is 9.18. The molecule has 0 saturated heterocycles. The Morgan fingerprint density at radius 1 is 2.00 bits per heavy atom. The zero-order chi connectivity index (χ0) is 4.28. The van der Waals surface area contributed by atoms with Crippen LogP contribution in [0, 0.1) is 0 Å². The summed E-state index contributed by atoms with van der Waals surface area (Å²) in [6.45, 7) is 0. The molecule has 0 aliphatic carbocycles. The highest BCUT2D eigenvalue weighted by atomic mass is 32.2. The van der Waals surface area contributed by atoms with Gasteiger partial charge in [0.15, 0.2) is 10.5 Å². The second-order valence-electron chi connectivity index (χ2n) is 0.371. The Hall–Kier alpha value is 0.287. The third-order valence-electron chi connectivity index (χ3n) is 0.136. The van der Waals surface area contributed by atoms with Crippen LogP contribution in [-0.2, 0) is 15.2 Å². The lowest BCUT2D eigenvalue weighted by molar-refractivity contribution is 0.456. The predicted molar refractivity (Wildman–Crippen MR) is 19.9 cm³/mol. The molecule has 0 aliphatic rings. The van der Waals surface area contributed by atoms with Crippen LogP contribution in [0.5, 0.6) is 0 Å². The molecule has 0 aromatic carbocycles. The first-order chi connectivity index (χ1) is 2.27. The van der Waals surface area contributed by atoms with Gasteiger partial charge in [-0.3, -0.25) is 0 Å². The molecule has 0 aliphatic heterocycles. The zero-order valence-corrected chi connectivity index (χ0v) is 5.45. The summed E-state index contributed by atoms with van der Waals surface area (Å²) in [7, 11) is 0.261. The Balaban J connectivity index is 2.85. The Morgan fingerprint density at radius 3 is 2.20 bits per heavy atom. The van der Waals surface area contributed by atoms with E-state index in [2.05, 4.69) is 3.87 Å². The summed E-state index contributed by atoms with van der Waals surface area (Å²) < 4.78 is 22.2. The Bertz CT molecular complexity index is 42.2. The molecule has 0 saturated carbocycles. The highest BCUT2D eigenvalue weighted by Crippen LogP contribution is 1.62. The van der Waals surface area contributed by atoms with Gasteiger partial charge in [-0.25, -0.2) is 4.21 Å². The number of rotatable bonds is 1. The molecule has 0 heterocycles. The van der Waals surface area contributed by atoms with Crippen LogP contribution in [0.15, 0.2) is 0 Å². The second kappa shape index (κ2) is 2.52. The molecular weight excluding hydrogens is 108 g/mol. The van der Waals surface area contributed by atoms with Crippen molar-refractivity contribution >= 4 is 21.8 Å². The van der Waals surface area contributed by atoms with Crippen molar-refractivity contribution in [3.63, 3.8) is 0 Å². The monoisotopic (exact) mass is 111 g/mol. The van der Waals surface area contributed by atoms with Gasteiger partial charge in [0.05, 0.1) is 11.4 Å². The van der Waals surface area contributed by atoms with Gasteiger partial charge in [0.2, 0.25) is 0 Å². The average Bonchev–Trinajstić information content (AvgIpc) is 1.38. The normalized spacial score (nSPS) is 15.4. The van der Waals surface area contributed by atoms with Gasteiger partial charge in [0.1, 0.15) is 0 Å². The molecule has 3 nitrogen and oxygen atoms in total. The summed E-state index contributed by atoms with van der Waals surface area (Å²) >= 11 is -2.26. The molecule has 5 heavy (non-hydrogen) atoms. The van der Waals surface area contributed by atoms with Crippen LogP contribution in [0.4, 0.5) is 0 Å². The lowest BCUT2D eigenvalue weighted by Gasteiger charge is -1.95. The summed E-state index contributed by atoms with van der Waals surface area (Å²) in [5.41, 5.74) is 0. The molecule has 1 unspecified atom stereocenters. The summed E-state index contributed by atoms with van der Waals surface area (Å²) in [4.78, 5) is 0. The van der Waals surface area contributed by atoms with Crippen LogP contribution in [0.2, 0.25) is 0 Å². The van der Waals surface area contributed by atoms with Crippen molar-refractivity contribution in [3.05, 3.63) is 0 Å². The van der Waals surface area contributed by atoms with E-state index in [4.69, 9.17) is 0 Å². The lowest BCUT2D eigenvalue weighted by atomic mass is 15.8. The van der Waals surface area contributed by atoms with Crippen LogP contribution in [0.25, 0.3) is 0 Å². The van der Waals surface area contributed by atoms with E-state index < -0.39 is 11.4 Å². The fourth-order valence-corrected chi connectivity index (χ4v) is 0. The van der Waals surface area contributed by atoms with Crippen molar-refractivity contribution < 1.29 is 12.6 Å². The SMILES string of the molecule is O=S([O-])O[SiH3]. The molecule has 0 amide bonds. The van der Waals surface area contributed by atoms with E-state index in [1.807, 2.05) is 0 Å². The van der Waals surface area contributed by atoms with Crippen LogP contribution >= 0.6 is 0 Å². The molecule has 0 N–H and O–H groups in total. The summed E-state index contributed by atoms with van der Waals surface area (Å²) in [6.07, 6.45) is 0. The maximum Gasteiger partial charge on any atom is 0.167 e. The highest BCUT2D eigenvalue weighted by molar-refractivity contribution is 7.74. The zero-order valence-electron chi connectivity index (χ0n) is 2.63. The second-order valence-corrected chi connectivity index (χ2v) is 2.11. The quantitative estimate of drug-likeness (QED) is 0.293. The highest BCUT2D eigenvalue weighted by Gasteiger charge is 1.59. The molecule has 1 atom stereocenters. The van der Waals surface area contributed by atoms with Gasteiger partial charge in [0.25, 0.3) is 0 Å². The maximum absolute atomic E-state index is 9.18. The molecule has 5 heteroatoms. The molecule has 0 aromatic heterocycles. The molecule has 0 aromatic rings. The first kappa shape index (κ1) is 5.29. The van der Waals surface area contributed by atoms with E-state index in [1.165, 1.54) is 0 Å². The topological polar surface area (TPSA) is 49.4 Å². The summed E-state index contributed by atoms with van der Waals surface area (Å²) in [6, 6.07) is 0. The van der Waals surface area contributed by atoms with Crippen molar-refractivity contribution in [2.24, 2.45) is 0 Å². The molecular formula is H3O3SSi-. The number of hydrogen-bond donors (Lipinski definition) is 0. The minimum absolute atomic E-state index is 0.261. The van der Waals surface area contributed by atoms with E-state index in [9.17, 15) is 8.76 Å². The van der Waals surface area contributed by atoms with Gasteiger partial charge >= 0.3 is 0 Å². The Labute approximate surface area is 35.4 Å². The van der Waals surface area contributed by atoms with Crippen molar-refractivity contribution in [1.29, 1.82) is 0 Å². The molecule has 0 bridgehead atoms. The third-order valence-corrected chi connectivity index (χ3v) is 1.22. The Kier molecular flexibility index (Phi) is 2.66. The average molecular weight is 111 g/mol. The fourth-order valence-electron chi connectivity index (χ4n) is 0. The van der Waals surface area contributed by atoms with E-state index in [0.29, 0.717) is 0 Å². The van der Waals surface area contributed by atoms with Crippen molar-refractivity contribution in [3.8, 4) is 0 Å². The molecule has 0 radical (unpaired) electrons. The third kappa shape index (κ3) is 4.29. The minimum Gasteiger partial charge on any atom is -0.750 e. The van der Waals surface area contributed by atoms with Crippen LogP contribution in [0.1, 0.15) is 0 Å². The molecule has 32 valence electrons. The van der Waals surface area contributed by atoms with Gasteiger partial charge in [-0.15, -0.1) is 0 Å². The molecule has 0 rings (SSSR count). The summed E-state index contributed by atoms with van der Waals surface area (Å²) in [5.74, 6) is 0. The fraction of sp³-hybridized carbons (Fsp3) is 0. The van der Waals surface area contributed by atoms with Gasteiger partial charge in [0, 0.05) is 0 Å². The first-order valence-electron chi connectivity index (χ1n) is 0.908. The van der Waals surface area contributed by atoms with Gasteiger partial charge < -0.3 is 8.42 Å². The van der Waals surface area contributed by atoms with Crippen molar-refractivity contribution in [2.75, 3.05) is 0 Å². The minimum atomic E-state index is -2.26. The first-order valence-corrected chi connectivity index (χ1v) is 2.72.